The lowest BCUT2D eigenvalue weighted by Gasteiger charge is -2.35. The molecule has 23 heavy (non-hydrogen) atoms. The average Bonchev–Trinajstić information content (AvgIpc) is 2.49. The zero-order chi connectivity index (χ0) is 17.8. The molecule has 0 bridgehead atoms. The smallest absolute Gasteiger partial charge is 0.203 e. The molecule has 0 spiro atoms. The number of benzene rings is 1. The van der Waals surface area contributed by atoms with Crippen LogP contribution < -0.4 is 14.2 Å². The van der Waals surface area contributed by atoms with Gasteiger partial charge < -0.3 is 18.6 Å². The number of carbonyl (C=O) groups is 1. The quantitative estimate of drug-likeness (QED) is 0.556. The normalized spacial score (nSPS) is 12.0. The Morgan fingerprint density at radius 3 is 1.83 bits per heavy atom. The largest absolute Gasteiger partial charge is 0.493 e. The molecule has 0 aromatic heterocycles. The van der Waals surface area contributed by atoms with Gasteiger partial charge in [0.25, 0.3) is 0 Å². The van der Waals surface area contributed by atoms with Crippen LogP contribution in [0.15, 0.2) is 12.1 Å². The zero-order valence-electron chi connectivity index (χ0n) is 15.4. The van der Waals surface area contributed by atoms with Gasteiger partial charge in [-0.2, -0.15) is 0 Å². The summed E-state index contributed by atoms with van der Waals surface area (Å²) in [5.74, 6) is 1.29. The van der Waals surface area contributed by atoms with Gasteiger partial charge in [0.15, 0.2) is 25.6 Å². The average molecular weight is 340 g/mol. The Balaban J connectivity index is 3.01. The Morgan fingerprint density at radius 1 is 1.00 bits per heavy atom. The van der Waals surface area contributed by atoms with Crippen LogP contribution in [0.3, 0.4) is 0 Å². The van der Waals surface area contributed by atoms with E-state index < -0.39 is 8.32 Å². The Bertz CT molecular complexity index is 536. The van der Waals surface area contributed by atoms with Crippen LogP contribution in [-0.2, 0) is 4.43 Å². The molecular weight excluding hydrogens is 312 g/mol. The van der Waals surface area contributed by atoms with E-state index in [0.29, 0.717) is 22.8 Å². The first-order valence-corrected chi connectivity index (χ1v) is 10.5. The summed E-state index contributed by atoms with van der Waals surface area (Å²) in [6.45, 7) is 10.7. The van der Waals surface area contributed by atoms with Crippen molar-refractivity contribution in [2.24, 2.45) is 0 Å². The molecule has 0 radical (unpaired) electrons. The molecule has 5 nitrogen and oxygen atoms in total. The van der Waals surface area contributed by atoms with Gasteiger partial charge in [0, 0.05) is 5.56 Å². The zero-order valence-corrected chi connectivity index (χ0v) is 16.4. The van der Waals surface area contributed by atoms with Crippen molar-refractivity contribution >= 4 is 14.1 Å². The molecule has 1 aromatic carbocycles. The second-order valence-corrected chi connectivity index (χ2v) is 11.7. The third kappa shape index (κ3) is 4.48. The van der Waals surface area contributed by atoms with Crippen LogP contribution in [0.5, 0.6) is 17.2 Å². The predicted octanol–water partition coefficient (Wildman–Crippen LogP) is 3.92. The lowest BCUT2D eigenvalue weighted by Crippen LogP contribution is -2.42. The number of ketones is 1. The van der Waals surface area contributed by atoms with E-state index in [1.54, 1.807) is 12.1 Å². The van der Waals surface area contributed by atoms with Crippen LogP contribution in [0.2, 0.25) is 18.1 Å². The summed E-state index contributed by atoms with van der Waals surface area (Å²) >= 11 is 0. The molecule has 0 fully saturated rings. The minimum absolute atomic E-state index is 0.0507. The molecule has 0 atom stereocenters. The van der Waals surface area contributed by atoms with Crippen LogP contribution >= 0.6 is 0 Å². The minimum Gasteiger partial charge on any atom is -0.493 e. The van der Waals surface area contributed by atoms with E-state index in [2.05, 4.69) is 33.9 Å². The van der Waals surface area contributed by atoms with Gasteiger partial charge in [-0.25, -0.2) is 0 Å². The molecule has 0 aliphatic heterocycles. The van der Waals surface area contributed by atoms with Gasteiger partial charge in [-0.05, 0) is 30.3 Å². The van der Waals surface area contributed by atoms with Crippen LogP contribution in [-0.4, -0.2) is 42.0 Å². The Hall–Kier alpha value is -1.53. The fourth-order valence-corrected chi connectivity index (χ4v) is 2.71. The summed E-state index contributed by atoms with van der Waals surface area (Å²) < 4.78 is 21.8. The highest BCUT2D eigenvalue weighted by Crippen LogP contribution is 2.39. The Labute approximate surface area is 140 Å². The molecule has 0 saturated heterocycles. The van der Waals surface area contributed by atoms with Crippen LogP contribution in [0.1, 0.15) is 31.1 Å². The van der Waals surface area contributed by atoms with Crippen molar-refractivity contribution in [1.29, 1.82) is 0 Å². The van der Waals surface area contributed by atoms with E-state index >= 15 is 0 Å². The van der Waals surface area contributed by atoms with Crippen LogP contribution in [0.25, 0.3) is 0 Å². The van der Waals surface area contributed by atoms with Crippen LogP contribution in [0.4, 0.5) is 0 Å². The third-order valence-electron chi connectivity index (χ3n) is 4.36. The van der Waals surface area contributed by atoms with E-state index in [9.17, 15) is 4.79 Å². The van der Waals surface area contributed by atoms with Crippen molar-refractivity contribution in [3.05, 3.63) is 17.7 Å². The summed E-state index contributed by atoms with van der Waals surface area (Å²) in [5, 5.41) is 0.0581. The number of ether oxygens (including phenoxy) is 3. The number of Topliss-reactive ketones (excluding diaryl/α,β-unsaturated/α-hetero) is 1. The summed E-state index contributed by atoms with van der Waals surface area (Å²) in [6.07, 6.45) is 0. The van der Waals surface area contributed by atoms with Gasteiger partial charge in [-0.1, -0.05) is 20.8 Å². The van der Waals surface area contributed by atoms with Gasteiger partial charge in [-0.3, -0.25) is 4.79 Å². The summed E-state index contributed by atoms with van der Waals surface area (Å²) in [5.41, 5.74) is 0.484. The highest BCUT2D eigenvalue weighted by Gasteiger charge is 2.37. The maximum atomic E-state index is 12.5. The van der Waals surface area contributed by atoms with Crippen molar-refractivity contribution in [2.45, 2.75) is 38.9 Å². The van der Waals surface area contributed by atoms with E-state index in [4.69, 9.17) is 18.6 Å². The van der Waals surface area contributed by atoms with E-state index in [-0.39, 0.29) is 17.4 Å². The van der Waals surface area contributed by atoms with Gasteiger partial charge >= 0.3 is 0 Å². The first-order valence-electron chi connectivity index (χ1n) is 7.54. The summed E-state index contributed by atoms with van der Waals surface area (Å²) in [7, 11) is 2.61. The number of hydrogen-bond acceptors (Lipinski definition) is 5. The topological polar surface area (TPSA) is 54.0 Å². The minimum atomic E-state index is -1.97. The van der Waals surface area contributed by atoms with Crippen LogP contribution in [0, 0.1) is 0 Å². The van der Waals surface area contributed by atoms with Crippen molar-refractivity contribution in [3.8, 4) is 17.2 Å². The second-order valence-electron chi connectivity index (χ2n) is 6.89. The van der Waals surface area contributed by atoms with Crippen molar-refractivity contribution < 1.29 is 23.4 Å². The van der Waals surface area contributed by atoms with E-state index in [0.717, 1.165) is 0 Å². The van der Waals surface area contributed by atoms with Gasteiger partial charge in [0.2, 0.25) is 5.75 Å². The molecule has 0 aliphatic carbocycles. The maximum Gasteiger partial charge on any atom is 0.203 e. The molecule has 1 rings (SSSR count). The molecular formula is C17H28O5Si. The molecule has 0 saturated carbocycles. The third-order valence-corrected chi connectivity index (χ3v) is 8.84. The molecule has 130 valence electrons. The Morgan fingerprint density at radius 2 is 1.48 bits per heavy atom. The highest BCUT2D eigenvalue weighted by atomic mass is 28.4. The molecule has 0 N–H and O–H groups in total. The second kappa shape index (κ2) is 7.36. The lowest BCUT2D eigenvalue weighted by molar-refractivity contribution is 0.0910. The standard InChI is InChI=1S/C17H28O5Si/c1-17(2,3)23(7,8)22-11-13(18)12-9-14(19-4)16(21-6)15(10-12)20-5/h9-10H,11H2,1-8H3. The monoisotopic (exact) mass is 340 g/mol. The number of methoxy groups -OCH3 is 3. The van der Waals surface area contributed by atoms with Gasteiger partial charge in [-0.15, -0.1) is 0 Å². The van der Waals surface area contributed by atoms with Gasteiger partial charge in [0.05, 0.1) is 27.9 Å². The summed E-state index contributed by atoms with van der Waals surface area (Å²) in [6, 6.07) is 3.30. The SMILES string of the molecule is COc1cc(C(=O)CO[Si](C)(C)C(C)(C)C)cc(OC)c1OC. The van der Waals surface area contributed by atoms with E-state index in [1.165, 1.54) is 21.3 Å². The first kappa shape index (κ1) is 19.5. The van der Waals surface area contributed by atoms with Gasteiger partial charge in [0.1, 0.15) is 0 Å². The predicted molar refractivity (Wildman–Crippen MR) is 93.6 cm³/mol. The first-order chi connectivity index (χ1) is 10.6. The molecule has 0 unspecified atom stereocenters. The fraction of sp³-hybridized carbons (Fsp3) is 0.588. The number of carbonyl (C=O) groups excluding carboxylic acids is 1. The van der Waals surface area contributed by atoms with Crippen molar-refractivity contribution in [1.82, 2.24) is 0 Å². The molecule has 6 heteroatoms. The van der Waals surface area contributed by atoms with Crippen molar-refractivity contribution in [3.63, 3.8) is 0 Å². The fourth-order valence-electron chi connectivity index (χ4n) is 1.79. The number of hydrogen-bond donors (Lipinski definition) is 0. The highest BCUT2D eigenvalue weighted by molar-refractivity contribution is 6.74. The van der Waals surface area contributed by atoms with E-state index in [1.807, 2.05) is 0 Å². The molecule has 0 amide bonds. The number of rotatable bonds is 7. The molecule has 0 aliphatic rings. The Kier molecular flexibility index (Phi) is 6.24. The summed E-state index contributed by atoms with van der Waals surface area (Å²) in [4.78, 5) is 12.5. The molecule has 1 aromatic rings. The maximum absolute atomic E-state index is 12.5. The van der Waals surface area contributed by atoms with Crippen molar-refractivity contribution in [2.75, 3.05) is 27.9 Å². The lowest BCUT2D eigenvalue weighted by atomic mass is 10.1. The molecule has 0 heterocycles.